The van der Waals surface area contributed by atoms with Gasteiger partial charge in [-0.05, 0) is 25.0 Å². The lowest BCUT2D eigenvalue weighted by atomic mass is 9.90. The zero-order valence-corrected chi connectivity index (χ0v) is 20.8. The van der Waals surface area contributed by atoms with Crippen LogP contribution in [0.4, 0.5) is 5.82 Å². The summed E-state index contributed by atoms with van der Waals surface area (Å²) in [4.78, 5) is 13.6. The summed E-state index contributed by atoms with van der Waals surface area (Å²) in [7, 11) is 0. The first kappa shape index (κ1) is 25.2. The zero-order chi connectivity index (χ0) is 26.1. The number of fused-ring (bicyclic) bond motifs is 1. The second-order valence-corrected chi connectivity index (χ2v) is 9.50. The summed E-state index contributed by atoms with van der Waals surface area (Å²) >= 11 is 0. The van der Waals surface area contributed by atoms with E-state index in [1.165, 1.54) is 28.6 Å². The summed E-state index contributed by atoms with van der Waals surface area (Å²) in [5.41, 5.74) is 11.5. The summed E-state index contributed by atoms with van der Waals surface area (Å²) in [5.74, 6) is 0.959. The van der Waals surface area contributed by atoms with Crippen molar-refractivity contribution in [2.24, 2.45) is 5.73 Å². The molecule has 0 saturated carbocycles. The Kier molecular flexibility index (Phi) is 7.18. The summed E-state index contributed by atoms with van der Waals surface area (Å²) in [5, 5.41) is 33.7. The van der Waals surface area contributed by atoms with E-state index >= 15 is 0 Å². The number of nitrogens with zero attached hydrogens (tertiary/aromatic N) is 4. The van der Waals surface area contributed by atoms with Crippen LogP contribution in [0, 0.1) is 13.8 Å². The van der Waals surface area contributed by atoms with E-state index < -0.39 is 31.1 Å². The summed E-state index contributed by atoms with van der Waals surface area (Å²) in [6.07, 6.45) is -2.86. The number of ether oxygens (including phenoxy) is 1. The lowest BCUT2D eigenvalue weighted by Crippen LogP contribution is -2.33. The highest BCUT2D eigenvalue weighted by atomic mass is 16.6. The Balaban J connectivity index is 1.49. The highest BCUT2D eigenvalue weighted by molar-refractivity contribution is 5.83. The largest absolute Gasteiger partial charge is 0.394 e. The molecule has 0 spiro atoms. The predicted octanol–water partition coefficient (Wildman–Crippen LogP) is 1.76. The Labute approximate surface area is 214 Å². The number of nitrogens with one attached hydrogen (secondary N) is 1. The fourth-order valence-corrected chi connectivity index (χ4v) is 4.70. The number of aryl methyl sites for hydroxylation is 2. The van der Waals surface area contributed by atoms with Gasteiger partial charge in [0, 0.05) is 12.5 Å². The van der Waals surface area contributed by atoms with Gasteiger partial charge in [-0.1, -0.05) is 59.7 Å². The van der Waals surface area contributed by atoms with E-state index in [1.54, 1.807) is 4.57 Å². The van der Waals surface area contributed by atoms with E-state index in [0.717, 1.165) is 0 Å². The number of rotatable bonds is 8. The molecular weight excluding hydrogens is 472 g/mol. The van der Waals surface area contributed by atoms with Crippen LogP contribution in [-0.4, -0.2) is 66.3 Å². The van der Waals surface area contributed by atoms with Gasteiger partial charge >= 0.3 is 0 Å². The fraction of sp³-hybridized carbons (Fsp3) is 0.370. The molecule has 1 fully saturated rings. The van der Waals surface area contributed by atoms with Gasteiger partial charge in [-0.2, -0.15) is 0 Å². The molecule has 0 radical (unpaired) electrons. The van der Waals surface area contributed by atoms with Crippen LogP contribution in [0.2, 0.25) is 0 Å². The highest BCUT2D eigenvalue weighted by Crippen LogP contribution is 2.33. The van der Waals surface area contributed by atoms with Gasteiger partial charge in [-0.3, -0.25) is 4.57 Å². The normalized spacial score (nSPS) is 21.7. The fourth-order valence-electron chi connectivity index (χ4n) is 4.70. The van der Waals surface area contributed by atoms with E-state index in [9.17, 15) is 15.3 Å². The van der Waals surface area contributed by atoms with Crippen molar-refractivity contribution in [3.63, 3.8) is 0 Å². The summed E-state index contributed by atoms with van der Waals surface area (Å²) in [6.45, 7) is 4.36. The standard InChI is InChI=1S/C27H32N6O4/c1-15-3-7-17(8-4-15)19(18-9-5-16(2)6-10-18)12-29-25-22-26(32-21(11-28)31-25)33(14-30-22)27-24(36)23(35)20(13-34)37-27/h3-10,14,19-20,23-24,27,34-36H,11-13,28H2,1-2H3,(H,29,31,32)/t20-,23-,24-,27-/m1/s1. The highest BCUT2D eigenvalue weighted by Gasteiger charge is 2.44. The number of benzene rings is 2. The lowest BCUT2D eigenvalue weighted by Gasteiger charge is -2.20. The summed E-state index contributed by atoms with van der Waals surface area (Å²) in [6, 6.07) is 17.0. The smallest absolute Gasteiger partial charge is 0.168 e. The van der Waals surface area contributed by atoms with Crippen molar-refractivity contribution in [1.29, 1.82) is 0 Å². The average molecular weight is 505 g/mol. The molecule has 5 rings (SSSR count). The van der Waals surface area contributed by atoms with Gasteiger partial charge in [0.05, 0.1) is 19.5 Å². The molecule has 4 aromatic rings. The molecule has 10 nitrogen and oxygen atoms in total. The van der Waals surface area contributed by atoms with Crippen molar-refractivity contribution in [1.82, 2.24) is 19.5 Å². The molecule has 0 aliphatic carbocycles. The van der Waals surface area contributed by atoms with Gasteiger partial charge < -0.3 is 31.1 Å². The number of hydrogen-bond donors (Lipinski definition) is 5. The Hall–Kier alpha value is -3.41. The van der Waals surface area contributed by atoms with E-state index in [2.05, 4.69) is 82.6 Å². The number of anilines is 1. The monoisotopic (exact) mass is 504 g/mol. The number of aromatic nitrogens is 4. The van der Waals surface area contributed by atoms with Gasteiger partial charge in [-0.25, -0.2) is 15.0 Å². The van der Waals surface area contributed by atoms with Crippen LogP contribution in [0.1, 0.15) is 40.2 Å². The van der Waals surface area contributed by atoms with Crippen molar-refractivity contribution in [2.45, 2.75) is 50.8 Å². The molecule has 1 aliphatic heterocycles. The average Bonchev–Trinajstić information content (AvgIpc) is 3.46. The number of imidazole rings is 1. The Morgan fingerprint density at radius 3 is 2.14 bits per heavy atom. The first-order chi connectivity index (χ1) is 17.9. The van der Waals surface area contributed by atoms with E-state index in [4.69, 9.17) is 10.5 Å². The van der Waals surface area contributed by atoms with Crippen molar-refractivity contribution in [3.05, 3.63) is 82.9 Å². The van der Waals surface area contributed by atoms with Crippen LogP contribution in [0.3, 0.4) is 0 Å². The van der Waals surface area contributed by atoms with Crippen molar-refractivity contribution < 1.29 is 20.1 Å². The minimum Gasteiger partial charge on any atom is -0.394 e. The quantitative estimate of drug-likeness (QED) is 0.242. The van der Waals surface area contributed by atoms with Crippen molar-refractivity contribution in [3.8, 4) is 0 Å². The second kappa shape index (κ2) is 10.5. The SMILES string of the molecule is Cc1ccc(C(CNc2nc(CN)nc3c2ncn3[C@@H]2O[C@H](CO)[C@@H](O)[C@H]2O)c2ccc(C)cc2)cc1. The minimum absolute atomic E-state index is 0.0510. The predicted molar refractivity (Wildman–Crippen MR) is 139 cm³/mol. The van der Waals surface area contributed by atoms with E-state index in [1.807, 2.05) is 0 Å². The first-order valence-electron chi connectivity index (χ1n) is 12.3. The maximum absolute atomic E-state index is 10.5. The molecule has 37 heavy (non-hydrogen) atoms. The Morgan fingerprint density at radius 1 is 0.973 bits per heavy atom. The molecule has 1 saturated heterocycles. The third-order valence-electron chi connectivity index (χ3n) is 6.87. The number of hydrogen-bond acceptors (Lipinski definition) is 9. The molecule has 4 atom stereocenters. The third kappa shape index (κ3) is 4.94. The molecule has 10 heteroatoms. The Bertz CT molecular complexity index is 1310. The lowest BCUT2D eigenvalue weighted by molar-refractivity contribution is -0.0511. The Morgan fingerprint density at radius 2 is 1.59 bits per heavy atom. The molecule has 2 aromatic carbocycles. The van der Waals surface area contributed by atoms with Crippen LogP contribution in [0.15, 0.2) is 54.9 Å². The molecule has 0 unspecified atom stereocenters. The molecule has 1 aliphatic rings. The molecule has 0 amide bonds. The van der Waals surface area contributed by atoms with Gasteiger partial charge in [0.2, 0.25) is 0 Å². The summed E-state index contributed by atoms with van der Waals surface area (Å²) < 4.78 is 7.24. The van der Waals surface area contributed by atoms with Crippen LogP contribution in [-0.2, 0) is 11.3 Å². The molecular formula is C27H32N6O4. The van der Waals surface area contributed by atoms with Crippen molar-refractivity contribution in [2.75, 3.05) is 18.5 Å². The topological polar surface area (TPSA) is 152 Å². The molecule has 3 heterocycles. The van der Waals surface area contributed by atoms with E-state index in [0.29, 0.717) is 29.4 Å². The number of nitrogens with two attached hydrogens (primary N) is 1. The first-order valence-corrected chi connectivity index (χ1v) is 12.3. The van der Waals surface area contributed by atoms with Crippen LogP contribution >= 0.6 is 0 Å². The molecule has 0 bridgehead atoms. The van der Waals surface area contributed by atoms with Crippen LogP contribution in [0.5, 0.6) is 0 Å². The van der Waals surface area contributed by atoms with Gasteiger partial charge in [0.1, 0.15) is 24.1 Å². The van der Waals surface area contributed by atoms with E-state index in [-0.39, 0.29) is 12.5 Å². The number of aliphatic hydroxyl groups is 3. The minimum atomic E-state index is -1.25. The zero-order valence-electron chi connectivity index (χ0n) is 20.8. The van der Waals surface area contributed by atoms with Crippen LogP contribution in [0.25, 0.3) is 11.2 Å². The van der Waals surface area contributed by atoms with Crippen molar-refractivity contribution >= 4 is 17.0 Å². The maximum atomic E-state index is 10.5. The van der Waals surface area contributed by atoms with Crippen LogP contribution < -0.4 is 11.1 Å². The van der Waals surface area contributed by atoms with Gasteiger partial charge in [0.15, 0.2) is 23.2 Å². The second-order valence-electron chi connectivity index (χ2n) is 9.50. The molecule has 194 valence electrons. The van der Waals surface area contributed by atoms with Gasteiger partial charge in [-0.15, -0.1) is 0 Å². The maximum Gasteiger partial charge on any atom is 0.168 e. The molecule has 2 aromatic heterocycles. The van der Waals surface area contributed by atoms with Gasteiger partial charge in [0.25, 0.3) is 0 Å². The third-order valence-corrected chi connectivity index (χ3v) is 6.87. The number of aliphatic hydroxyl groups excluding tert-OH is 3. The molecule has 6 N–H and O–H groups in total.